The SMILES string of the molecule is CC(C)(C)c1cc(CCCN)[nH]n1. The van der Waals surface area contributed by atoms with Gasteiger partial charge in [-0.1, -0.05) is 20.8 Å². The number of hydrogen-bond acceptors (Lipinski definition) is 2. The molecule has 0 bridgehead atoms. The molecule has 0 saturated heterocycles. The van der Waals surface area contributed by atoms with Gasteiger partial charge in [0.2, 0.25) is 0 Å². The summed E-state index contributed by atoms with van der Waals surface area (Å²) in [6, 6.07) is 2.13. The minimum absolute atomic E-state index is 0.136. The molecule has 3 nitrogen and oxygen atoms in total. The van der Waals surface area contributed by atoms with Gasteiger partial charge in [0.05, 0.1) is 5.69 Å². The number of H-pyrrole nitrogens is 1. The third kappa shape index (κ3) is 2.84. The lowest BCUT2D eigenvalue weighted by atomic mass is 9.92. The molecule has 3 N–H and O–H groups in total. The number of nitrogens with zero attached hydrogens (tertiary/aromatic N) is 1. The third-order valence-electron chi connectivity index (χ3n) is 2.05. The number of aromatic nitrogens is 2. The Morgan fingerprint density at radius 3 is 2.62 bits per heavy atom. The Kier molecular flexibility index (Phi) is 3.09. The van der Waals surface area contributed by atoms with Gasteiger partial charge in [0.25, 0.3) is 0 Å². The molecule has 74 valence electrons. The number of hydrogen-bond donors (Lipinski definition) is 2. The second-order valence-corrected chi connectivity index (χ2v) is 4.42. The van der Waals surface area contributed by atoms with Gasteiger partial charge in [0.1, 0.15) is 0 Å². The highest BCUT2D eigenvalue weighted by Gasteiger charge is 2.16. The Hall–Kier alpha value is -0.830. The van der Waals surface area contributed by atoms with Crippen LogP contribution in [0.15, 0.2) is 6.07 Å². The molecule has 1 aromatic rings. The van der Waals surface area contributed by atoms with Crippen molar-refractivity contribution in [1.29, 1.82) is 0 Å². The molecule has 13 heavy (non-hydrogen) atoms. The zero-order valence-corrected chi connectivity index (χ0v) is 8.72. The molecule has 0 aromatic carbocycles. The zero-order chi connectivity index (χ0) is 9.90. The van der Waals surface area contributed by atoms with Crippen LogP contribution in [0.4, 0.5) is 0 Å². The molecule has 0 atom stereocenters. The summed E-state index contributed by atoms with van der Waals surface area (Å²) in [5, 5.41) is 7.32. The summed E-state index contributed by atoms with van der Waals surface area (Å²) >= 11 is 0. The summed E-state index contributed by atoms with van der Waals surface area (Å²) in [7, 11) is 0. The number of rotatable bonds is 3. The quantitative estimate of drug-likeness (QED) is 0.744. The predicted octanol–water partition coefficient (Wildman–Crippen LogP) is 1.60. The molecule has 0 spiro atoms. The fourth-order valence-corrected chi connectivity index (χ4v) is 1.17. The molecule has 0 fully saturated rings. The van der Waals surface area contributed by atoms with Crippen LogP contribution in [0.2, 0.25) is 0 Å². The van der Waals surface area contributed by atoms with Gasteiger partial charge in [-0.25, -0.2) is 0 Å². The number of aromatic amines is 1. The molecule has 1 rings (SSSR count). The molecular weight excluding hydrogens is 162 g/mol. The van der Waals surface area contributed by atoms with Gasteiger partial charge >= 0.3 is 0 Å². The van der Waals surface area contributed by atoms with E-state index in [0.717, 1.165) is 25.1 Å². The molecule has 0 aliphatic rings. The van der Waals surface area contributed by atoms with E-state index >= 15 is 0 Å². The van der Waals surface area contributed by atoms with E-state index in [1.165, 1.54) is 5.69 Å². The minimum Gasteiger partial charge on any atom is -0.330 e. The van der Waals surface area contributed by atoms with Crippen LogP contribution in [0.5, 0.6) is 0 Å². The van der Waals surface area contributed by atoms with E-state index in [9.17, 15) is 0 Å². The van der Waals surface area contributed by atoms with E-state index in [2.05, 4.69) is 37.0 Å². The molecule has 0 saturated carbocycles. The summed E-state index contributed by atoms with van der Waals surface area (Å²) in [5.74, 6) is 0. The molecule has 0 radical (unpaired) electrons. The number of nitrogens with two attached hydrogens (primary N) is 1. The Morgan fingerprint density at radius 1 is 1.46 bits per heavy atom. The van der Waals surface area contributed by atoms with Crippen LogP contribution in [-0.4, -0.2) is 16.7 Å². The Balaban J connectivity index is 2.64. The maximum Gasteiger partial charge on any atom is 0.0678 e. The Bertz CT molecular complexity index is 257. The van der Waals surface area contributed by atoms with Crippen molar-refractivity contribution in [2.45, 2.75) is 39.0 Å². The summed E-state index contributed by atoms with van der Waals surface area (Å²) in [4.78, 5) is 0. The van der Waals surface area contributed by atoms with Gasteiger partial charge in [-0.05, 0) is 25.5 Å². The lowest BCUT2D eigenvalue weighted by Gasteiger charge is -2.13. The van der Waals surface area contributed by atoms with Crippen LogP contribution in [0.1, 0.15) is 38.6 Å². The highest BCUT2D eigenvalue weighted by atomic mass is 15.1. The fourth-order valence-electron chi connectivity index (χ4n) is 1.17. The van der Waals surface area contributed by atoms with E-state index in [4.69, 9.17) is 5.73 Å². The maximum absolute atomic E-state index is 5.43. The highest BCUT2D eigenvalue weighted by molar-refractivity contribution is 5.16. The molecular formula is C10H19N3. The van der Waals surface area contributed by atoms with E-state index in [-0.39, 0.29) is 5.41 Å². The van der Waals surface area contributed by atoms with E-state index in [0.29, 0.717) is 0 Å². The van der Waals surface area contributed by atoms with Crippen LogP contribution in [0.3, 0.4) is 0 Å². The topological polar surface area (TPSA) is 54.7 Å². The van der Waals surface area contributed by atoms with Crippen molar-refractivity contribution in [2.24, 2.45) is 5.73 Å². The van der Waals surface area contributed by atoms with Crippen LogP contribution >= 0.6 is 0 Å². The van der Waals surface area contributed by atoms with Crippen molar-refractivity contribution in [2.75, 3.05) is 6.54 Å². The Labute approximate surface area is 79.7 Å². The van der Waals surface area contributed by atoms with E-state index in [1.807, 2.05) is 0 Å². The van der Waals surface area contributed by atoms with Crippen LogP contribution in [0, 0.1) is 0 Å². The smallest absolute Gasteiger partial charge is 0.0678 e. The van der Waals surface area contributed by atoms with Crippen LogP contribution < -0.4 is 5.73 Å². The average molecular weight is 181 g/mol. The average Bonchev–Trinajstić information content (AvgIpc) is 2.47. The van der Waals surface area contributed by atoms with Gasteiger partial charge in [-0.15, -0.1) is 0 Å². The van der Waals surface area contributed by atoms with Crippen molar-refractivity contribution in [3.63, 3.8) is 0 Å². The fraction of sp³-hybridized carbons (Fsp3) is 0.700. The standard InChI is InChI=1S/C10H19N3/c1-10(2,3)9-7-8(12-13-9)5-4-6-11/h7H,4-6,11H2,1-3H3,(H,12,13). The molecule has 0 aliphatic carbocycles. The maximum atomic E-state index is 5.43. The van der Waals surface area contributed by atoms with Crippen molar-refractivity contribution >= 4 is 0 Å². The van der Waals surface area contributed by atoms with Crippen molar-refractivity contribution in [3.05, 3.63) is 17.5 Å². The molecule has 1 aromatic heterocycles. The lowest BCUT2D eigenvalue weighted by molar-refractivity contribution is 0.567. The van der Waals surface area contributed by atoms with E-state index < -0.39 is 0 Å². The van der Waals surface area contributed by atoms with Crippen LogP contribution in [-0.2, 0) is 11.8 Å². The first-order valence-electron chi connectivity index (χ1n) is 4.79. The van der Waals surface area contributed by atoms with Gasteiger partial charge < -0.3 is 5.73 Å². The minimum atomic E-state index is 0.136. The first-order valence-corrected chi connectivity index (χ1v) is 4.79. The predicted molar refractivity (Wildman–Crippen MR) is 54.7 cm³/mol. The monoisotopic (exact) mass is 181 g/mol. The summed E-state index contributed by atoms with van der Waals surface area (Å²) < 4.78 is 0. The van der Waals surface area contributed by atoms with Gasteiger partial charge in [0.15, 0.2) is 0 Å². The van der Waals surface area contributed by atoms with Crippen molar-refractivity contribution in [3.8, 4) is 0 Å². The van der Waals surface area contributed by atoms with Crippen molar-refractivity contribution in [1.82, 2.24) is 10.2 Å². The summed E-state index contributed by atoms with van der Waals surface area (Å²) in [6.45, 7) is 7.23. The molecule has 0 unspecified atom stereocenters. The normalized spacial score (nSPS) is 12.0. The molecule has 1 heterocycles. The Morgan fingerprint density at radius 2 is 2.15 bits per heavy atom. The molecule has 0 aliphatic heterocycles. The van der Waals surface area contributed by atoms with Crippen LogP contribution in [0.25, 0.3) is 0 Å². The largest absolute Gasteiger partial charge is 0.330 e. The molecule has 3 heteroatoms. The molecule has 0 amide bonds. The first kappa shape index (κ1) is 10.3. The summed E-state index contributed by atoms with van der Waals surface area (Å²) in [5.41, 5.74) is 7.89. The van der Waals surface area contributed by atoms with E-state index in [1.54, 1.807) is 0 Å². The second-order valence-electron chi connectivity index (χ2n) is 4.42. The van der Waals surface area contributed by atoms with Gasteiger partial charge in [-0.3, -0.25) is 5.10 Å². The first-order chi connectivity index (χ1) is 6.04. The van der Waals surface area contributed by atoms with Crippen molar-refractivity contribution < 1.29 is 0 Å². The zero-order valence-electron chi connectivity index (χ0n) is 8.72. The second kappa shape index (κ2) is 3.92. The number of nitrogens with one attached hydrogen (secondary N) is 1. The number of aryl methyl sites for hydroxylation is 1. The summed E-state index contributed by atoms with van der Waals surface area (Å²) in [6.07, 6.45) is 2.02. The van der Waals surface area contributed by atoms with Gasteiger partial charge in [-0.2, -0.15) is 5.10 Å². The lowest BCUT2D eigenvalue weighted by Crippen LogP contribution is -2.11. The third-order valence-corrected chi connectivity index (χ3v) is 2.05. The highest BCUT2D eigenvalue weighted by Crippen LogP contribution is 2.20. The van der Waals surface area contributed by atoms with Gasteiger partial charge in [0, 0.05) is 11.1 Å².